The molecule has 0 atom stereocenters. The molecule has 1 aromatic carbocycles. The maximum atomic E-state index is 6.23. The highest BCUT2D eigenvalue weighted by Gasteiger charge is 2.10. The van der Waals surface area contributed by atoms with E-state index in [1.165, 1.54) is 6.33 Å². The topological polar surface area (TPSA) is 71.4 Å². The number of hydrogen-bond donors (Lipinski definition) is 2. The Labute approximate surface area is 114 Å². The van der Waals surface area contributed by atoms with Gasteiger partial charge in [0.25, 0.3) is 0 Å². The molecule has 7 heteroatoms. The zero-order valence-electron chi connectivity index (χ0n) is 9.92. The summed E-state index contributed by atoms with van der Waals surface area (Å²) < 4.78 is 1.63. The van der Waals surface area contributed by atoms with Crippen LogP contribution in [0.3, 0.4) is 0 Å². The molecule has 3 aromatic rings. The zero-order chi connectivity index (χ0) is 13.1. The Morgan fingerprint density at radius 1 is 1.37 bits per heavy atom. The first-order valence-electron chi connectivity index (χ1n) is 5.70. The number of H-pyrrole nitrogens is 1. The smallest absolute Gasteiger partial charge is 0.138 e. The number of anilines is 1. The van der Waals surface area contributed by atoms with Gasteiger partial charge in [0.15, 0.2) is 0 Å². The molecule has 0 spiro atoms. The molecule has 0 saturated heterocycles. The molecule has 0 aliphatic rings. The molecule has 19 heavy (non-hydrogen) atoms. The predicted molar refractivity (Wildman–Crippen MR) is 72.3 cm³/mol. The van der Waals surface area contributed by atoms with Crippen molar-refractivity contribution in [2.24, 2.45) is 0 Å². The monoisotopic (exact) mass is 274 g/mol. The molecule has 0 aliphatic carbocycles. The molecule has 3 rings (SSSR count). The Morgan fingerprint density at radius 2 is 2.32 bits per heavy atom. The molecule has 0 bridgehead atoms. The number of benzene rings is 1. The number of aromatic nitrogens is 5. The fourth-order valence-corrected chi connectivity index (χ4v) is 2.05. The quantitative estimate of drug-likeness (QED) is 0.765. The molecule has 6 nitrogen and oxygen atoms in total. The van der Waals surface area contributed by atoms with Crippen molar-refractivity contribution in [1.29, 1.82) is 0 Å². The molecule has 2 heterocycles. The fraction of sp³-hybridized carbons (Fsp3) is 0.0833. The van der Waals surface area contributed by atoms with E-state index in [4.69, 9.17) is 11.6 Å². The maximum absolute atomic E-state index is 6.23. The summed E-state index contributed by atoms with van der Waals surface area (Å²) in [5.41, 5.74) is 1.64. The summed E-state index contributed by atoms with van der Waals surface area (Å²) in [6, 6.07) is 5.63. The van der Waals surface area contributed by atoms with Crippen molar-refractivity contribution in [3.05, 3.63) is 54.1 Å². The van der Waals surface area contributed by atoms with Gasteiger partial charge in [0.05, 0.1) is 17.3 Å². The van der Waals surface area contributed by atoms with E-state index in [0.717, 1.165) is 17.2 Å². The first kappa shape index (κ1) is 11.7. The van der Waals surface area contributed by atoms with Crippen LogP contribution in [-0.2, 0) is 6.54 Å². The van der Waals surface area contributed by atoms with Gasteiger partial charge in [-0.15, -0.1) is 0 Å². The molecule has 0 amide bonds. The minimum atomic E-state index is 0.578. The number of hydrogen-bond acceptors (Lipinski definition) is 4. The van der Waals surface area contributed by atoms with Gasteiger partial charge >= 0.3 is 0 Å². The summed E-state index contributed by atoms with van der Waals surface area (Å²) in [7, 11) is 0. The second-order valence-electron chi connectivity index (χ2n) is 3.87. The number of imidazole rings is 1. The van der Waals surface area contributed by atoms with Crippen LogP contribution in [0.1, 0.15) is 5.82 Å². The molecule has 0 fully saturated rings. The van der Waals surface area contributed by atoms with Crippen LogP contribution in [0.25, 0.3) is 5.69 Å². The molecule has 0 radical (unpaired) electrons. The second-order valence-corrected chi connectivity index (χ2v) is 4.27. The van der Waals surface area contributed by atoms with E-state index in [-0.39, 0.29) is 0 Å². The number of rotatable bonds is 4. The van der Waals surface area contributed by atoms with Crippen LogP contribution in [0.5, 0.6) is 0 Å². The van der Waals surface area contributed by atoms with Crippen LogP contribution >= 0.6 is 11.6 Å². The zero-order valence-corrected chi connectivity index (χ0v) is 10.7. The molecule has 2 N–H and O–H groups in total. The Bertz CT molecular complexity index is 647. The van der Waals surface area contributed by atoms with Gasteiger partial charge in [0.1, 0.15) is 24.2 Å². The summed E-state index contributed by atoms with van der Waals surface area (Å²) in [5.74, 6) is 0.851. The van der Waals surface area contributed by atoms with Gasteiger partial charge in [-0.3, -0.25) is 0 Å². The van der Waals surface area contributed by atoms with Crippen molar-refractivity contribution in [1.82, 2.24) is 24.7 Å². The third kappa shape index (κ3) is 2.43. The summed E-state index contributed by atoms with van der Waals surface area (Å²) in [6.45, 7) is 0.578. The van der Waals surface area contributed by atoms with Crippen LogP contribution in [0.2, 0.25) is 5.02 Å². The van der Waals surface area contributed by atoms with Crippen molar-refractivity contribution in [2.45, 2.75) is 6.54 Å². The third-order valence-corrected chi connectivity index (χ3v) is 2.94. The van der Waals surface area contributed by atoms with Gasteiger partial charge in [-0.1, -0.05) is 17.7 Å². The Kier molecular flexibility index (Phi) is 3.16. The summed E-state index contributed by atoms with van der Waals surface area (Å²) >= 11 is 6.23. The van der Waals surface area contributed by atoms with E-state index in [2.05, 4.69) is 25.4 Å². The van der Waals surface area contributed by atoms with Crippen LogP contribution < -0.4 is 5.32 Å². The highest BCUT2D eigenvalue weighted by molar-refractivity contribution is 6.33. The van der Waals surface area contributed by atoms with Crippen LogP contribution in [0, 0.1) is 0 Å². The normalized spacial score (nSPS) is 10.6. The SMILES string of the molecule is Clc1cccc(NCc2ncc[nH]2)c1-n1cncn1. The second kappa shape index (κ2) is 5.11. The lowest BCUT2D eigenvalue weighted by Gasteiger charge is -2.12. The lowest BCUT2D eigenvalue weighted by atomic mass is 10.2. The van der Waals surface area contributed by atoms with E-state index >= 15 is 0 Å². The lowest BCUT2D eigenvalue weighted by molar-refractivity contribution is 0.876. The molecule has 0 unspecified atom stereocenters. The van der Waals surface area contributed by atoms with Gasteiger partial charge < -0.3 is 10.3 Å². The first-order valence-corrected chi connectivity index (χ1v) is 6.08. The maximum Gasteiger partial charge on any atom is 0.138 e. The molecule has 0 aliphatic heterocycles. The summed E-state index contributed by atoms with van der Waals surface area (Å²) in [6.07, 6.45) is 6.58. The average Bonchev–Trinajstić information content (AvgIpc) is 3.09. The van der Waals surface area contributed by atoms with Crippen molar-refractivity contribution >= 4 is 17.3 Å². The first-order chi connectivity index (χ1) is 9.34. The standard InChI is InChI=1S/C12H11ClN6/c13-9-2-1-3-10(12(9)19-8-14-7-18-19)17-6-11-15-4-5-16-11/h1-5,7-8,17H,6H2,(H,15,16). The van der Waals surface area contributed by atoms with Gasteiger partial charge in [-0.25, -0.2) is 14.6 Å². The molecular weight excluding hydrogens is 264 g/mol. The molecule has 0 saturated carbocycles. The largest absolute Gasteiger partial charge is 0.376 e. The number of aromatic amines is 1. The van der Waals surface area contributed by atoms with Crippen molar-refractivity contribution in [3.63, 3.8) is 0 Å². The van der Waals surface area contributed by atoms with Gasteiger partial charge in [-0.05, 0) is 12.1 Å². The Morgan fingerprint density at radius 3 is 3.05 bits per heavy atom. The fourth-order valence-electron chi connectivity index (χ4n) is 1.79. The van der Waals surface area contributed by atoms with Crippen molar-refractivity contribution in [3.8, 4) is 5.69 Å². The van der Waals surface area contributed by atoms with E-state index in [1.54, 1.807) is 23.4 Å². The molecular formula is C12H11ClN6. The van der Waals surface area contributed by atoms with Gasteiger partial charge in [-0.2, -0.15) is 5.10 Å². The van der Waals surface area contributed by atoms with Crippen molar-refractivity contribution < 1.29 is 0 Å². The molecule has 2 aromatic heterocycles. The lowest BCUT2D eigenvalue weighted by Crippen LogP contribution is -2.06. The Balaban J connectivity index is 1.91. The predicted octanol–water partition coefficient (Wildman–Crippen LogP) is 2.26. The average molecular weight is 275 g/mol. The number of nitrogens with zero attached hydrogens (tertiary/aromatic N) is 4. The van der Waals surface area contributed by atoms with E-state index < -0.39 is 0 Å². The third-order valence-electron chi connectivity index (χ3n) is 2.64. The number of nitrogens with one attached hydrogen (secondary N) is 2. The van der Waals surface area contributed by atoms with Crippen molar-refractivity contribution in [2.75, 3.05) is 5.32 Å². The highest BCUT2D eigenvalue weighted by Crippen LogP contribution is 2.27. The van der Waals surface area contributed by atoms with E-state index in [9.17, 15) is 0 Å². The highest BCUT2D eigenvalue weighted by atomic mass is 35.5. The van der Waals surface area contributed by atoms with Gasteiger partial charge in [0, 0.05) is 12.4 Å². The minimum absolute atomic E-state index is 0.578. The van der Waals surface area contributed by atoms with E-state index in [0.29, 0.717) is 11.6 Å². The Hall–Kier alpha value is -2.34. The van der Waals surface area contributed by atoms with Crippen LogP contribution in [0.4, 0.5) is 5.69 Å². The number of para-hydroxylation sites is 1. The van der Waals surface area contributed by atoms with Crippen LogP contribution in [-0.4, -0.2) is 24.7 Å². The van der Waals surface area contributed by atoms with E-state index in [1.807, 2.05) is 18.2 Å². The van der Waals surface area contributed by atoms with Crippen LogP contribution in [0.15, 0.2) is 43.2 Å². The minimum Gasteiger partial charge on any atom is -0.376 e. The van der Waals surface area contributed by atoms with Gasteiger partial charge in [0.2, 0.25) is 0 Å². The summed E-state index contributed by atoms with van der Waals surface area (Å²) in [4.78, 5) is 11.1. The number of halogens is 1. The summed E-state index contributed by atoms with van der Waals surface area (Å²) in [5, 5.41) is 8.00. The molecule has 96 valence electrons.